The number of amides is 1. The van der Waals surface area contributed by atoms with E-state index in [1.54, 1.807) is 25.5 Å². The van der Waals surface area contributed by atoms with Crippen LogP contribution in [0.5, 0.6) is 0 Å². The van der Waals surface area contributed by atoms with Crippen LogP contribution >= 0.6 is 11.3 Å². The van der Waals surface area contributed by atoms with Crippen molar-refractivity contribution in [2.45, 2.75) is 51.5 Å². The highest BCUT2D eigenvalue weighted by Crippen LogP contribution is 2.49. The van der Waals surface area contributed by atoms with Gasteiger partial charge in [0.05, 0.1) is 17.8 Å². The number of aromatic amines is 1. The van der Waals surface area contributed by atoms with Crippen LogP contribution in [0.15, 0.2) is 12.3 Å². The fourth-order valence-corrected chi connectivity index (χ4v) is 5.08. The second-order valence-corrected chi connectivity index (χ2v) is 9.17. The molecule has 3 heterocycles. The Morgan fingerprint density at radius 2 is 2.24 bits per heavy atom. The number of ether oxygens (including phenoxy) is 2. The second-order valence-electron chi connectivity index (χ2n) is 8.15. The van der Waals surface area contributed by atoms with Crippen molar-refractivity contribution in [3.63, 3.8) is 0 Å². The maximum Gasteiger partial charge on any atom is 0.277 e. The maximum atomic E-state index is 12.9. The van der Waals surface area contributed by atoms with Crippen LogP contribution in [-0.2, 0) is 21.5 Å². The molecule has 0 saturated heterocycles. The Hall–Kier alpha value is -2.04. The number of carbonyl (C=O) groups excluding carboxylic acids is 1. The lowest BCUT2D eigenvalue weighted by atomic mass is 9.86. The number of nitrogens with two attached hydrogens (primary N) is 1. The summed E-state index contributed by atoms with van der Waals surface area (Å²) in [4.78, 5) is 13.9. The molecule has 0 bridgehead atoms. The van der Waals surface area contributed by atoms with Gasteiger partial charge in [0.2, 0.25) is 0 Å². The zero-order valence-electron chi connectivity index (χ0n) is 17.3. The first-order valence-electron chi connectivity index (χ1n) is 9.36. The fraction of sp³-hybridized carbons (Fsp3) is 0.500. The van der Waals surface area contributed by atoms with Gasteiger partial charge in [-0.25, -0.2) is 0 Å². The molecule has 8 nitrogen and oxygen atoms in total. The van der Waals surface area contributed by atoms with Gasteiger partial charge in [0, 0.05) is 35.7 Å². The molecule has 2 aromatic heterocycles. The summed E-state index contributed by atoms with van der Waals surface area (Å²) in [5.41, 5.74) is 7.27. The number of hydrogen-bond acceptors (Lipinski definition) is 7. The Kier molecular flexibility index (Phi) is 5.98. The second kappa shape index (κ2) is 8.00. The highest BCUT2D eigenvalue weighted by molar-refractivity contribution is 7.16. The van der Waals surface area contributed by atoms with E-state index in [-0.39, 0.29) is 11.6 Å². The molecule has 0 spiro atoms. The summed E-state index contributed by atoms with van der Waals surface area (Å²) in [6.45, 7) is 8.39. The molecule has 9 heteroatoms. The SMILES string of the molecule is COC/C=C/c1c[nH]nc1C(=O)Nc1sc2c(c1C(N)O)CC(C)(C)OC2(C)C. The number of carbonyl (C=O) groups is 1. The standard InChI is InChI=1S/C20H28N4O4S/c1-19(2)9-12-13(16(21)25)18(29-15(12)20(3,4)28-19)23-17(26)14-11(10-22-24-14)7-6-8-27-5/h6-7,10,16,25H,8-9,21H2,1-5H3,(H,22,24)(H,23,26)/b7-6+. The number of rotatable bonds is 6. The minimum atomic E-state index is -1.21. The number of anilines is 1. The third-order valence-electron chi connectivity index (χ3n) is 4.70. The lowest BCUT2D eigenvalue weighted by molar-refractivity contribution is -0.136. The van der Waals surface area contributed by atoms with Crippen molar-refractivity contribution in [1.29, 1.82) is 0 Å². The van der Waals surface area contributed by atoms with E-state index in [0.29, 0.717) is 29.2 Å². The third kappa shape index (κ3) is 4.44. The van der Waals surface area contributed by atoms with Gasteiger partial charge in [-0.2, -0.15) is 5.10 Å². The molecule has 1 aliphatic heterocycles. The number of nitrogens with one attached hydrogen (secondary N) is 2. The zero-order chi connectivity index (χ0) is 21.4. The summed E-state index contributed by atoms with van der Waals surface area (Å²) in [7, 11) is 1.60. The molecule has 1 unspecified atom stereocenters. The van der Waals surface area contributed by atoms with Crippen molar-refractivity contribution in [3.05, 3.63) is 39.5 Å². The normalized spacial score (nSPS) is 18.6. The average molecular weight is 421 g/mol. The number of fused-ring (bicyclic) bond motifs is 1. The van der Waals surface area contributed by atoms with Gasteiger partial charge in [-0.05, 0) is 33.3 Å². The lowest BCUT2D eigenvalue weighted by Crippen LogP contribution is -2.42. The molecule has 3 rings (SSSR count). The van der Waals surface area contributed by atoms with Crippen molar-refractivity contribution in [2.75, 3.05) is 19.0 Å². The van der Waals surface area contributed by atoms with Crippen LogP contribution in [0.3, 0.4) is 0 Å². The van der Waals surface area contributed by atoms with Crippen LogP contribution in [0.1, 0.15) is 66.0 Å². The molecular weight excluding hydrogens is 392 g/mol. The first-order valence-corrected chi connectivity index (χ1v) is 10.2. The summed E-state index contributed by atoms with van der Waals surface area (Å²) < 4.78 is 11.2. The minimum absolute atomic E-state index is 0.247. The maximum absolute atomic E-state index is 12.9. The van der Waals surface area contributed by atoms with Gasteiger partial charge in [0.25, 0.3) is 5.91 Å². The average Bonchev–Trinajstić information content (AvgIpc) is 3.18. The molecule has 158 valence electrons. The highest BCUT2D eigenvalue weighted by atomic mass is 32.1. The van der Waals surface area contributed by atoms with E-state index in [9.17, 15) is 9.90 Å². The Balaban J connectivity index is 1.96. The van der Waals surface area contributed by atoms with E-state index in [1.807, 2.05) is 27.7 Å². The molecule has 1 aliphatic rings. The summed E-state index contributed by atoms with van der Waals surface area (Å²) in [5, 5.41) is 20.4. The molecule has 29 heavy (non-hydrogen) atoms. The molecule has 0 aromatic carbocycles. The first kappa shape index (κ1) is 21.7. The van der Waals surface area contributed by atoms with E-state index < -0.39 is 17.4 Å². The topological polar surface area (TPSA) is 122 Å². The van der Waals surface area contributed by atoms with Crippen LogP contribution in [0.25, 0.3) is 6.08 Å². The summed E-state index contributed by atoms with van der Waals surface area (Å²) in [6.07, 6.45) is 4.57. The first-order chi connectivity index (χ1) is 13.6. The Morgan fingerprint density at radius 3 is 2.90 bits per heavy atom. The van der Waals surface area contributed by atoms with Crippen LogP contribution in [0.4, 0.5) is 5.00 Å². The molecule has 5 N–H and O–H groups in total. The van der Waals surface area contributed by atoms with Crippen LogP contribution < -0.4 is 11.1 Å². The monoisotopic (exact) mass is 420 g/mol. The Morgan fingerprint density at radius 1 is 1.52 bits per heavy atom. The molecule has 0 aliphatic carbocycles. The Labute approximate surface area is 174 Å². The van der Waals surface area contributed by atoms with Crippen LogP contribution in [0.2, 0.25) is 0 Å². The highest BCUT2D eigenvalue weighted by Gasteiger charge is 2.42. The predicted molar refractivity (Wildman–Crippen MR) is 113 cm³/mol. The lowest BCUT2D eigenvalue weighted by Gasteiger charge is -2.41. The summed E-state index contributed by atoms with van der Waals surface area (Å²) >= 11 is 1.38. The van der Waals surface area contributed by atoms with Gasteiger partial charge in [0.15, 0.2) is 5.69 Å². The number of hydrogen-bond donors (Lipinski definition) is 4. The van der Waals surface area contributed by atoms with Crippen molar-refractivity contribution in [1.82, 2.24) is 10.2 Å². The number of thiophene rings is 1. The quantitative estimate of drug-likeness (QED) is 0.533. The zero-order valence-corrected chi connectivity index (χ0v) is 18.1. The number of aliphatic hydroxyl groups excluding tert-OH is 1. The van der Waals surface area contributed by atoms with Crippen LogP contribution in [-0.4, -0.2) is 40.5 Å². The number of aromatic nitrogens is 2. The third-order valence-corrected chi connectivity index (χ3v) is 6.16. The molecule has 0 saturated carbocycles. The minimum Gasteiger partial charge on any atom is -0.381 e. The van der Waals surface area contributed by atoms with Gasteiger partial charge in [-0.15, -0.1) is 11.3 Å². The van der Waals surface area contributed by atoms with Crippen molar-refractivity contribution >= 4 is 28.3 Å². The van der Waals surface area contributed by atoms with Crippen LogP contribution in [0, 0.1) is 0 Å². The van der Waals surface area contributed by atoms with E-state index in [0.717, 1.165) is 10.4 Å². The number of H-pyrrole nitrogens is 1. The Bertz CT molecular complexity index is 927. The smallest absolute Gasteiger partial charge is 0.277 e. The van der Waals surface area contributed by atoms with Gasteiger partial charge in [0.1, 0.15) is 11.2 Å². The van der Waals surface area contributed by atoms with Gasteiger partial charge < -0.3 is 25.6 Å². The molecular formula is C20H28N4O4S. The number of aliphatic hydroxyl groups is 1. The molecule has 1 amide bonds. The van der Waals surface area contributed by atoms with E-state index in [2.05, 4.69) is 15.5 Å². The van der Waals surface area contributed by atoms with Crippen molar-refractivity contribution in [3.8, 4) is 0 Å². The molecule has 0 fully saturated rings. The van der Waals surface area contributed by atoms with Gasteiger partial charge in [-0.1, -0.05) is 12.2 Å². The van der Waals surface area contributed by atoms with E-state index >= 15 is 0 Å². The van der Waals surface area contributed by atoms with E-state index in [4.69, 9.17) is 15.2 Å². The van der Waals surface area contributed by atoms with E-state index in [1.165, 1.54) is 11.3 Å². The van der Waals surface area contributed by atoms with Crippen molar-refractivity contribution in [2.24, 2.45) is 5.73 Å². The predicted octanol–water partition coefficient (Wildman–Crippen LogP) is 2.92. The summed E-state index contributed by atoms with van der Waals surface area (Å²) in [5.74, 6) is -0.387. The van der Waals surface area contributed by atoms with Gasteiger partial charge >= 0.3 is 0 Å². The molecule has 2 aromatic rings. The number of methoxy groups -OCH3 is 1. The summed E-state index contributed by atoms with van der Waals surface area (Å²) in [6, 6.07) is 0. The fourth-order valence-electron chi connectivity index (χ4n) is 3.79. The van der Waals surface area contributed by atoms with Gasteiger partial charge in [-0.3, -0.25) is 9.89 Å². The molecule has 0 radical (unpaired) electrons. The van der Waals surface area contributed by atoms with Crippen molar-refractivity contribution < 1.29 is 19.4 Å². The number of nitrogens with zero attached hydrogens (tertiary/aromatic N) is 1. The molecule has 1 atom stereocenters. The largest absolute Gasteiger partial charge is 0.381 e.